The molecule has 1 rings (SSSR count). The van der Waals surface area contributed by atoms with Crippen molar-refractivity contribution in [1.29, 1.82) is 0 Å². The summed E-state index contributed by atoms with van der Waals surface area (Å²) in [5, 5.41) is 10.0. The van der Waals surface area contributed by atoms with Crippen LogP contribution in [0.4, 0.5) is 5.69 Å². The Morgan fingerprint density at radius 1 is 1.33 bits per heavy atom. The molecule has 0 radical (unpaired) electrons. The smallest absolute Gasteiger partial charge is 0.258 e. The Hall–Kier alpha value is -0.890. The number of nitro groups is 1. The molecule has 1 aromatic rings. The quantitative estimate of drug-likeness (QED) is 0.683. The zero-order valence-corrected chi connectivity index (χ0v) is 11.8. The standard InChI is InChI=1S/C9H10Cl2N2O4S/c1-5(2)12-18(16,17)9-6(10)3-4-7(8(9)11)13(14)15/h3-5,12H,1-2H3. The first-order valence-electron chi connectivity index (χ1n) is 4.81. The van der Waals surface area contributed by atoms with Crippen molar-refractivity contribution in [3.8, 4) is 0 Å². The fraction of sp³-hybridized carbons (Fsp3) is 0.333. The minimum Gasteiger partial charge on any atom is -0.258 e. The molecule has 0 spiro atoms. The normalized spacial score (nSPS) is 11.8. The highest BCUT2D eigenvalue weighted by Crippen LogP contribution is 2.36. The van der Waals surface area contributed by atoms with E-state index in [1.54, 1.807) is 13.8 Å². The molecule has 0 saturated carbocycles. The van der Waals surface area contributed by atoms with E-state index in [2.05, 4.69) is 4.72 Å². The monoisotopic (exact) mass is 312 g/mol. The SMILES string of the molecule is CC(C)NS(=O)(=O)c1c(Cl)ccc([N+](=O)[O-])c1Cl. The van der Waals surface area contributed by atoms with E-state index in [9.17, 15) is 18.5 Å². The third kappa shape index (κ3) is 3.11. The third-order valence-electron chi connectivity index (χ3n) is 1.88. The summed E-state index contributed by atoms with van der Waals surface area (Å²) < 4.78 is 26.2. The molecule has 1 N–H and O–H groups in total. The molecule has 0 saturated heterocycles. The summed E-state index contributed by atoms with van der Waals surface area (Å²) in [7, 11) is -4.00. The van der Waals surface area contributed by atoms with Gasteiger partial charge in [0.1, 0.15) is 9.92 Å². The van der Waals surface area contributed by atoms with Crippen LogP contribution in [-0.2, 0) is 10.0 Å². The van der Waals surface area contributed by atoms with E-state index in [1.807, 2.05) is 0 Å². The largest absolute Gasteiger partial charge is 0.289 e. The fourth-order valence-corrected chi connectivity index (χ4v) is 3.73. The Labute approximate surface area is 114 Å². The summed E-state index contributed by atoms with van der Waals surface area (Å²) in [4.78, 5) is 9.45. The first-order valence-corrected chi connectivity index (χ1v) is 7.05. The lowest BCUT2D eigenvalue weighted by atomic mass is 10.3. The van der Waals surface area contributed by atoms with Gasteiger partial charge in [0.05, 0.1) is 9.95 Å². The Morgan fingerprint density at radius 3 is 2.33 bits per heavy atom. The molecule has 0 aliphatic carbocycles. The number of hydrogen-bond acceptors (Lipinski definition) is 4. The summed E-state index contributed by atoms with van der Waals surface area (Å²) in [5.41, 5.74) is -0.509. The second-order valence-electron chi connectivity index (χ2n) is 3.74. The van der Waals surface area contributed by atoms with Crippen molar-refractivity contribution in [3.05, 3.63) is 32.3 Å². The second kappa shape index (κ2) is 5.40. The summed E-state index contributed by atoms with van der Waals surface area (Å²) in [6.07, 6.45) is 0. The van der Waals surface area contributed by atoms with Gasteiger partial charge in [-0.3, -0.25) is 10.1 Å². The van der Waals surface area contributed by atoms with Crippen molar-refractivity contribution in [2.75, 3.05) is 0 Å². The van der Waals surface area contributed by atoms with Gasteiger partial charge in [0.15, 0.2) is 0 Å². The predicted molar refractivity (Wildman–Crippen MR) is 68.6 cm³/mol. The molecule has 0 heterocycles. The number of sulfonamides is 1. The van der Waals surface area contributed by atoms with Gasteiger partial charge in [-0.15, -0.1) is 0 Å². The number of benzene rings is 1. The molecule has 0 bridgehead atoms. The van der Waals surface area contributed by atoms with Crippen molar-refractivity contribution in [1.82, 2.24) is 4.72 Å². The molecule has 0 aliphatic rings. The van der Waals surface area contributed by atoms with Gasteiger partial charge in [-0.2, -0.15) is 0 Å². The van der Waals surface area contributed by atoms with Gasteiger partial charge in [-0.05, 0) is 19.9 Å². The Kier molecular flexibility index (Phi) is 4.55. The first-order chi connectivity index (χ1) is 8.16. The minimum absolute atomic E-state index is 0.168. The maximum Gasteiger partial charge on any atom is 0.289 e. The number of rotatable bonds is 4. The number of nitrogens with one attached hydrogen (secondary N) is 1. The maximum atomic E-state index is 12.0. The molecule has 1 aromatic carbocycles. The van der Waals surface area contributed by atoms with E-state index in [1.165, 1.54) is 0 Å². The zero-order valence-electron chi connectivity index (χ0n) is 9.48. The maximum absolute atomic E-state index is 12.0. The lowest BCUT2D eigenvalue weighted by molar-refractivity contribution is -0.384. The van der Waals surface area contributed by atoms with E-state index in [0.29, 0.717) is 0 Å². The molecule has 0 aliphatic heterocycles. The van der Waals surface area contributed by atoms with Crippen molar-refractivity contribution in [3.63, 3.8) is 0 Å². The van der Waals surface area contributed by atoms with Crippen LogP contribution in [0.15, 0.2) is 17.0 Å². The predicted octanol–water partition coefficient (Wildman–Crippen LogP) is 2.59. The molecule has 9 heteroatoms. The van der Waals surface area contributed by atoms with Crippen molar-refractivity contribution >= 4 is 38.9 Å². The lowest BCUT2D eigenvalue weighted by Gasteiger charge is -2.12. The molecule has 0 amide bonds. The van der Waals surface area contributed by atoms with Gasteiger partial charge in [0.25, 0.3) is 5.69 Å². The van der Waals surface area contributed by atoms with Gasteiger partial charge in [0.2, 0.25) is 10.0 Å². The molecular weight excluding hydrogens is 303 g/mol. The second-order valence-corrected chi connectivity index (χ2v) is 6.18. The van der Waals surface area contributed by atoms with E-state index >= 15 is 0 Å². The van der Waals surface area contributed by atoms with Crippen LogP contribution >= 0.6 is 23.2 Å². The van der Waals surface area contributed by atoms with E-state index < -0.39 is 30.6 Å². The fourth-order valence-electron chi connectivity index (χ4n) is 1.28. The van der Waals surface area contributed by atoms with Crippen LogP contribution in [0.2, 0.25) is 10.0 Å². The van der Waals surface area contributed by atoms with Crippen LogP contribution in [0.3, 0.4) is 0 Å². The van der Waals surface area contributed by atoms with Gasteiger partial charge in [-0.1, -0.05) is 23.2 Å². The van der Waals surface area contributed by atoms with Gasteiger partial charge < -0.3 is 0 Å². The van der Waals surface area contributed by atoms with Gasteiger partial charge in [-0.25, -0.2) is 13.1 Å². The number of hydrogen-bond donors (Lipinski definition) is 1. The summed E-state index contributed by atoms with van der Waals surface area (Å²) in [6, 6.07) is 1.79. The molecule has 6 nitrogen and oxygen atoms in total. The topological polar surface area (TPSA) is 89.3 Å². The Balaban J connectivity index is 3.50. The van der Waals surface area contributed by atoms with Gasteiger partial charge >= 0.3 is 0 Å². The van der Waals surface area contributed by atoms with Crippen molar-refractivity contribution < 1.29 is 13.3 Å². The zero-order chi connectivity index (χ0) is 14.1. The molecule has 0 aromatic heterocycles. The molecular formula is C9H10Cl2N2O4S. The van der Waals surface area contributed by atoms with Crippen LogP contribution < -0.4 is 4.72 Å². The lowest BCUT2D eigenvalue weighted by Crippen LogP contribution is -2.30. The Morgan fingerprint density at radius 2 is 1.89 bits per heavy atom. The molecule has 0 atom stereocenters. The first kappa shape index (κ1) is 15.2. The van der Waals surface area contributed by atoms with E-state index in [0.717, 1.165) is 12.1 Å². The van der Waals surface area contributed by atoms with Gasteiger partial charge in [0, 0.05) is 12.1 Å². The van der Waals surface area contributed by atoms with Crippen LogP contribution in [0.5, 0.6) is 0 Å². The van der Waals surface area contributed by atoms with Crippen molar-refractivity contribution in [2.45, 2.75) is 24.8 Å². The van der Waals surface area contributed by atoms with E-state index in [-0.39, 0.29) is 11.1 Å². The minimum atomic E-state index is -4.00. The van der Waals surface area contributed by atoms with E-state index in [4.69, 9.17) is 23.2 Å². The number of nitrogens with zero attached hydrogens (tertiary/aromatic N) is 1. The molecule has 100 valence electrons. The average Bonchev–Trinajstić information content (AvgIpc) is 2.13. The highest BCUT2D eigenvalue weighted by Gasteiger charge is 2.28. The summed E-state index contributed by atoms with van der Waals surface area (Å²) in [5.74, 6) is 0. The number of halogens is 2. The van der Waals surface area contributed by atoms with Crippen LogP contribution in [0.25, 0.3) is 0 Å². The Bertz CT molecular complexity index is 586. The third-order valence-corrected chi connectivity index (χ3v) is 4.55. The molecule has 0 unspecified atom stereocenters. The van der Waals surface area contributed by atoms with Crippen LogP contribution in [0.1, 0.15) is 13.8 Å². The summed E-state index contributed by atoms with van der Waals surface area (Å²) >= 11 is 11.5. The van der Waals surface area contributed by atoms with Crippen molar-refractivity contribution in [2.24, 2.45) is 0 Å². The van der Waals surface area contributed by atoms with Crippen LogP contribution in [0, 0.1) is 10.1 Å². The summed E-state index contributed by atoms with van der Waals surface area (Å²) in [6.45, 7) is 3.22. The number of nitro benzene ring substituents is 1. The average molecular weight is 313 g/mol. The highest BCUT2D eigenvalue weighted by molar-refractivity contribution is 7.89. The highest BCUT2D eigenvalue weighted by atomic mass is 35.5. The molecule has 18 heavy (non-hydrogen) atoms. The molecule has 0 fully saturated rings. The van der Waals surface area contributed by atoms with Crippen LogP contribution in [-0.4, -0.2) is 19.4 Å².